The van der Waals surface area contributed by atoms with Gasteiger partial charge in [-0.3, -0.25) is 9.59 Å². The van der Waals surface area contributed by atoms with Gasteiger partial charge in [0, 0.05) is 0 Å². The molecule has 4 heteroatoms. The smallest absolute Gasteiger partial charge is 0.310 e. The van der Waals surface area contributed by atoms with Crippen molar-refractivity contribution in [1.29, 1.82) is 0 Å². The van der Waals surface area contributed by atoms with Crippen molar-refractivity contribution in [3.05, 3.63) is 0 Å². The van der Waals surface area contributed by atoms with Gasteiger partial charge in [0.05, 0.1) is 11.3 Å². The maximum Gasteiger partial charge on any atom is 0.310 e. The number of aliphatic carboxylic acids is 2. The first-order valence-corrected chi connectivity index (χ1v) is 5.27. The molecule has 1 aliphatic rings. The lowest BCUT2D eigenvalue weighted by atomic mass is 9.74. The van der Waals surface area contributed by atoms with Gasteiger partial charge in [-0.1, -0.05) is 13.8 Å². The van der Waals surface area contributed by atoms with Gasteiger partial charge < -0.3 is 10.2 Å². The molecule has 15 heavy (non-hydrogen) atoms. The maximum atomic E-state index is 11.2. The Morgan fingerprint density at radius 3 is 2.20 bits per heavy atom. The van der Waals surface area contributed by atoms with Crippen molar-refractivity contribution in [1.82, 2.24) is 0 Å². The first-order valence-electron chi connectivity index (χ1n) is 5.27. The van der Waals surface area contributed by atoms with E-state index in [1.165, 1.54) is 0 Å². The molecule has 1 aliphatic carbocycles. The SMILES string of the molecule is CC(C)[C@@H]1CC[C@@](C)(C(=O)O)[C@H]1C(=O)O. The molecule has 0 aromatic rings. The van der Waals surface area contributed by atoms with Crippen LogP contribution in [0.25, 0.3) is 0 Å². The highest BCUT2D eigenvalue weighted by Crippen LogP contribution is 2.49. The second kappa shape index (κ2) is 3.83. The first-order chi connectivity index (χ1) is 6.80. The first kappa shape index (κ1) is 12.0. The molecule has 0 saturated heterocycles. The van der Waals surface area contributed by atoms with E-state index in [0.717, 1.165) is 0 Å². The lowest BCUT2D eigenvalue weighted by Crippen LogP contribution is -2.39. The zero-order valence-electron chi connectivity index (χ0n) is 9.36. The summed E-state index contributed by atoms with van der Waals surface area (Å²) in [4.78, 5) is 22.3. The largest absolute Gasteiger partial charge is 0.481 e. The molecule has 1 fully saturated rings. The van der Waals surface area contributed by atoms with E-state index in [1.54, 1.807) is 6.92 Å². The third-order valence-electron chi connectivity index (χ3n) is 3.72. The summed E-state index contributed by atoms with van der Waals surface area (Å²) in [6, 6.07) is 0. The minimum Gasteiger partial charge on any atom is -0.481 e. The minimum atomic E-state index is -1.10. The fourth-order valence-electron chi connectivity index (χ4n) is 2.68. The predicted octanol–water partition coefficient (Wildman–Crippen LogP) is 1.84. The molecule has 0 spiro atoms. The number of carbonyl (C=O) groups is 2. The Morgan fingerprint density at radius 1 is 1.33 bits per heavy atom. The normalized spacial score (nSPS) is 35.7. The predicted molar refractivity (Wildman–Crippen MR) is 54.4 cm³/mol. The van der Waals surface area contributed by atoms with Crippen molar-refractivity contribution in [2.75, 3.05) is 0 Å². The molecule has 0 unspecified atom stereocenters. The summed E-state index contributed by atoms with van der Waals surface area (Å²) in [5, 5.41) is 18.3. The number of hydrogen-bond acceptors (Lipinski definition) is 2. The van der Waals surface area contributed by atoms with Crippen LogP contribution in [-0.2, 0) is 9.59 Å². The van der Waals surface area contributed by atoms with Gasteiger partial charge in [0.2, 0.25) is 0 Å². The van der Waals surface area contributed by atoms with Crippen LogP contribution in [0.15, 0.2) is 0 Å². The van der Waals surface area contributed by atoms with Crippen LogP contribution in [-0.4, -0.2) is 22.2 Å². The molecule has 1 rings (SSSR count). The molecule has 4 nitrogen and oxygen atoms in total. The molecule has 2 N–H and O–H groups in total. The van der Waals surface area contributed by atoms with E-state index in [1.807, 2.05) is 13.8 Å². The van der Waals surface area contributed by atoms with E-state index in [4.69, 9.17) is 10.2 Å². The Bertz CT molecular complexity index is 284. The summed E-state index contributed by atoms with van der Waals surface area (Å²) in [7, 11) is 0. The number of hydrogen-bond donors (Lipinski definition) is 2. The van der Waals surface area contributed by atoms with Gasteiger partial charge >= 0.3 is 11.9 Å². The Hall–Kier alpha value is -1.06. The van der Waals surface area contributed by atoms with Gasteiger partial charge in [-0.25, -0.2) is 0 Å². The van der Waals surface area contributed by atoms with Crippen LogP contribution in [0.5, 0.6) is 0 Å². The second-order valence-electron chi connectivity index (χ2n) is 4.99. The monoisotopic (exact) mass is 214 g/mol. The van der Waals surface area contributed by atoms with E-state index in [0.29, 0.717) is 12.8 Å². The van der Waals surface area contributed by atoms with E-state index in [9.17, 15) is 9.59 Å². The minimum absolute atomic E-state index is 0.0244. The molecule has 0 bridgehead atoms. The average Bonchev–Trinajstić information content (AvgIpc) is 2.44. The van der Waals surface area contributed by atoms with Gasteiger partial charge in [-0.15, -0.1) is 0 Å². The summed E-state index contributed by atoms with van der Waals surface area (Å²) in [6.45, 7) is 5.46. The van der Waals surface area contributed by atoms with Crippen molar-refractivity contribution in [2.45, 2.75) is 33.6 Å². The summed E-state index contributed by atoms with van der Waals surface area (Å²) >= 11 is 0. The molecule has 0 aromatic heterocycles. The van der Waals surface area contributed by atoms with E-state index >= 15 is 0 Å². The number of carboxylic acids is 2. The van der Waals surface area contributed by atoms with Crippen LogP contribution < -0.4 is 0 Å². The van der Waals surface area contributed by atoms with Crippen LogP contribution in [0.1, 0.15) is 33.6 Å². The Kier molecular flexibility index (Phi) is 3.07. The Balaban J connectivity index is 3.04. The van der Waals surface area contributed by atoms with Crippen molar-refractivity contribution < 1.29 is 19.8 Å². The lowest BCUT2D eigenvalue weighted by molar-refractivity contribution is -0.161. The van der Waals surface area contributed by atoms with Crippen molar-refractivity contribution in [3.8, 4) is 0 Å². The quantitative estimate of drug-likeness (QED) is 0.751. The van der Waals surface area contributed by atoms with Gasteiger partial charge in [0.1, 0.15) is 0 Å². The zero-order valence-corrected chi connectivity index (χ0v) is 9.36. The van der Waals surface area contributed by atoms with Crippen molar-refractivity contribution >= 4 is 11.9 Å². The van der Waals surface area contributed by atoms with Crippen LogP contribution >= 0.6 is 0 Å². The molecule has 0 radical (unpaired) electrons. The molecule has 1 saturated carbocycles. The Labute approximate surface area is 89.3 Å². The maximum absolute atomic E-state index is 11.2. The van der Waals surface area contributed by atoms with Gasteiger partial charge in [0.15, 0.2) is 0 Å². The highest BCUT2D eigenvalue weighted by atomic mass is 16.4. The number of carboxylic acid groups (broad SMARTS) is 2. The fraction of sp³-hybridized carbons (Fsp3) is 0.818. The highest BCUT2D eigenvalue weighted by Gasteiger charge is 2.54. The molecule has 0 aliphatic heterocycles. The van der Waals surface area contributed by atoms with Gasteiger partial charge in [0.25, 0.3) is 0 Å². The van der Waals surface area contributed by atoms with E-state index in [2.05, 4.69) is 0 Å². The van der Waals surface area contributed by atoms with Crippen molar-refractivity contribution in [3.63, 3.8) is 0 Å². The average molecular weight is 214 g/mol. The molecule has 86 valence electrons. The lowest BCUT2D eigenvalue weighted by Gasteiger charge is -2.28. The topological polar surface area (TPSA) is 74.6 Å². The fourth-order valence-corrected chi connectivity index (χ4v) is 2.68. The summed E-state index contributed by atoms with van der Waals surface area (Å²) < 4.78 is 0. The van der Waals surface area contributed by atoms with Gasteiger partial charge in [-0.2, -0.15) is 0 Å². The third kappa shape index (κ3) is 1.85. The summed E-state index contributed by atoms with van der Waals surface area (Å²) in [5.74, 6) is -2.53. The third-order valence-corrected chi connectivity index (χ3v) is 3.72. The molecule has 0 aromatic carbocycles. The molecular weight excluding hydrogens is 196 g/mol. The zero-order chi connectivity index (χ0) is 11.8. The standard InChI is InChI=1S/C11H18O4/c1-6(2)7-4-5-11(3,10(14)15)8(7)9(12)13/h6-8H,4-5H2,1-3H3,(H,12,13)(H,14,15)/t7-,8+,11+/m0/s1. The molecule has 0 amide bonds. The number of rotatable bonds is 3. The Morgan fingerprint density at radius 2 is 1.87 bits per heavy atom. The van der Waals surface area contributed by atoms with Crippen LogP contribution in [0.2, 0.25) is 0 Å². The van der Waals surface area contributed by atoms with E-state index in [-0.39, 0.29) is 11.8 Å². The van der Waals surface area contributed by atoms with E-state index < -0.39 is 23.3 Å². The summed E-state index contributed by atoms with van der Waals surface area (Å²) in [6.07, 6.45) is 1.15. The van der Waals surface area contributed by atoms with Crippen LogP contribution in [0.4, 0.5) is 0 Å². The summed E-state index contributed by atoms with van der Waals surface area (Å²) in [5.41, 5.74) is -1.10. The second-order valence-corrected chi connectivity index (χ2v) is 4.99. The molecule has 3 atom stereocenters. The van der Waals surface area contributed by atoms with Crippen LogP contribution in [0, 0.1) is 23.2 Å². The van der Waals surface area contributed by atoms with Crippen molar-refractivity contribution in [2.24, 2.45) is 23.2 Å². The van der Waals surface area contributed by atoms with Crippen LogP contribution in [0.3, 0.4) is 0 Å². The molecule has 0 heterocycles. The molecular formula is C11H18O4. The highest BCUT2D eigenvalue weighted by molar-refractivity contribution is 5.84. The van der Waals surface area contributed by atoms with Gasteiger partial charge in [-0.05, 0) is 31.6 Å².